The number of carbonyl (C=O) groups excluding carboxylic acids is 1. The molecule has 0 aliphatic carbocycles. The van der Waals surface area contributed by atoms with Crippen molar-refractivity contribution in [3.05, 3.63) is 12.4 Å². The van der Waals surface area contributed by atoms with Crippen molar-refractivity contribution in [2.75, 3.05) is 26.8 Å². The number of aromatic amines is 1. The molecule has 2 heterocycles. The number of methoxy groups -OCH3 is 1. The first-order chi connectivity index (χ1) is 10.0. The van der Waals surface area contributed by atoms with Gasteiger partial charge in [0, 0.05) is 25.9 Å². The Bertz CT molecular complexity index is 551. The Morgan fingerprint density at radius 2 is 2.43 bits per heavy atom. The largest absolute Gasteiger partial charge is 0.469 e. The van der Waals surface area contributed by atoms with Gasteiger partial charge in [-0.2, -0.15) is 9.40 Å². The van der Waals surface area contributed by atoms with E-state index >= 15 is 0 Å². The lowest BCUT2D eigenvalue weighted by atomic mass is 10.2. The van der Waals surface area contributed by atoms with Crippen LogP contribution in [0, 0.1) is 0 Å². The van der Waals surface area contributed by atoms with Crippen LogP contribution in [0.3, 0.4) is 0 Å². The molecule has 1 aliphatic rings. The van der Waals surface area contributed by atoms with Crippen molar-refractivity contribution in [1.82, 2.24) is 14.5 Å². The van der Waals surface area contributed by atoms with Crippen molar-refractivity contribution < 1.29 is 22.7 Å². The minimum Gasteiger partial charge on any atom is -0.469 e. The fourth-order valence-electron chi connectivity index (χ4n) is 2.17. The number of ether oxygens (including phenoxy) is 2. The van der Waals surface area contributed by atoms with Gasteiger partial charge in [-0.3, -0.25) is 9.89 Å². The summed E-state index contributed by atoms with van der Waals surface area (Å²) < 4.78 is 36.4. The molecule has 1 N–H and O–H groups in total. The van der Waals surface area contributed by atoms with Gasteiger partial charge in [0.25, 0.3) is 0 Å². The fraction of sp³-hybridized carbons (Fsp3) is 0.667. The molecule has 0 aromatic carbocycles. The molecule has 9 heteroatoms. The molecule has 0 radical (unpaired) electrons. The highest BCUT2D eigenvalue weighted by molar-refractivity contribution is 7.89. The zero-order valence-corrected chi connectivity index (χ0v) is 12.6. The molecule has 21 heavy (non-hydrogen) atoms. The summed E-state index contributed by atoms with van der Waals surface area (Å²) in [5.74, 6) is -0.449. The summed E-state index contributed by atoms with van der Waals surface area (Å²) in [4.78, 5) is 11.3. The highest BCUT2D eigenvalue weighted by Crippen LogP contribution is 2.19. The van der Waals surface area contributed by atoms with Crippen LogP contribution in [-0.4, -0.2) is 61.8 Å². The van der Waals surface area contributed by atoms with Crippen molar-refractivity contribution in [3.63, 3.8) is 0 Å². The molecule has 1 atom stereocenters. The number of esters is 1. The molecule has 2 rings (SSSR count). The number of hydrogen-bond donors (Lipinski definition) is 1. The Hall–Kier alpha value is -1.45. The van der Waals surface area contributed by atoms with E-state index < -0.39 is 16.0 Å². The van der Waals surface area contributed by atoms with Crippen LogP contribution in [-0.2, 0) is 24.3 Å². The van der Waals surface area contributed by atoms with E-state index in [0.29, 0.717) is 6.61 Å². The van der Waals surface area contributed by atoms with Gasteiger partial charge in [0.15, 0.2) is 0 Å². The average Bonchev–Trinajstić information content (AvgIpc) is 3.15. The molecular weight excluding hydrogens is 298 g/mol. The van der Waals surface area contributed by atoms with E-state index in [1.165, 1.54) is 23.8 Å². The lowest BCUT2D eigenvalue weighted by molar-refractivity contribution is -0.140. The quantitative estimate of drug-likeness (QED) is 0.718. The summed E-state index contributed by atoms with van der Waals surface area (Å²) in [5, 5.41) is 6.14. The third-order valence-electron chi connectivity index (χ3n) is 3.34. The van der Waals surface area contributed by atoms with E-state index in [9.17, 15) is 13.2 Å². The number of H-pyrrole nitrogens is 1. The molecule has 1 fully saturated rings. The molecule has 1 aromatic rings. The van der Waals surface area contributed by atoms with E-state index in [1.54, 1.807) is 0 Å². The van der Waals surface area contributed by atoms with Crippen LogP contribution >= 0.6 is 0 Å². The lowest BCUT2D eigenvalue weighted by Crippen LogP contribution is -2.38. The normalized spacial score (nSPS) is 19.0. The van der Waals surface area contributed by atoms with Crippen molar-refractivity contribution in [1.29, 1.82) is 0 Å². The Morgan fingerprint density at radius 1 is 1.62 bits per heavy atom. The smallest absolute Gasteiger partial charge is 0.306 e. The molecule has 1 unspecified atom stereocenters. The molecule has 1 aliphatic heterocycles. The second-order valence-corrected chi connectivity index (χ2v) is 6.70. The molecule has 1 aromatic heterocycles. The van der Waals surface area contributed by atoms with Gasteiger partial charge in [0.05, 0.1) is 25.8 Å². The molecule has 118 valence electrons. The Kier molecular flexibility index (Phi) is 5.32. The number of aromatic nitrogens is 2. The van der Waals surface area contributed by atoms with Gasteiger partial charge in [0.2, 0.25) is 10.0 Å². The summed E-state index contributed by atoms with van der Waals surface area (Å²) in [6.07, 6.45) is 4.16. The maximum absolute atomic E-state index is 12.5. The van der Waals surface area contributed by atoms with Gasteiger partial charge < -0.3 is 9.47 Å². The number of carbonyl (C=O) groups is 1. The van der Waals surface area contributed by atoms with Crippen molar-refractivity contribution in [2.45, 2.75) is 30.3 Å². The van der Waals surface area contributed by atoms with Gasteiger partial charge >= 0.3 is 5.97 Å². The number of sulfonamides is 1. The minimum absolute atomic E-state index is 0.000299. The second-order valence-electron chi connectivity index (χ2n) is 4.76. The zero-order valence-electron chi connectivity index (χ0n) is 11.8. The summed E-state index contributed by atoms with van der Waals surface area (Å²) in [6, 6.07) is 0. The minimum atomic E-state index is -3.70. The molecular formula is C12H19N3O5S. The van der Waals surface area contributed by atoms with Crippen LogP contribution in [0.5, 0.6) is 0 Å². The first-order valence-corrected chi connectivity index (χ1v) is 8.15. The standard InChI is InChI=1S/C12H19N3O5S/c1-19-12(16)4-5-15(9-10-3-2-6-20-10)21(17,18)11-7-13-14-8-11/h7-8,10H,2-6,9H2,1H3,(H,13,14). The lowest BCUT2D eigenvalue weighted by Gasteiger charge is -2.23. The fourth-order valence-corrected chi connectivity index (χ4v) is 3.55. The van der Waals surface area contributed by atoms with Crippen molar-refractivity contribution in [3.8, 4) is 0 Å². The average molecular weight is 317 g/mol. The first kappa shape index (κ1) is 15.9. The van der Waals surface area contributed by atoms with E-state index in [4.69, 9.17) is 4.74 Å². The summed E-state index contributed by atoms with van der Waals surface area (Å²) >= 11 is 0. The van der Waals surface area contributed by atoms with Gasteiger partial charge in [-0.15, -0.1) is 0 Å². The van der Waals surface area contributed by atoms with E-state index in [-0.39, 0.29) is 30.5 Å². The Labute approximate surface area is 123 Å². The number of rotatable bonds is 7. The number of nitrogens with one attached hydrogen (secondary N) is 1. The molecule has 1 saturated heterocycles. The van der Waals surface area contributed by atoms with E-state index in [1.807, 2.05) is 0 Å². The summed E-state index contributed by atoms with van der Waals surface area (Å²) in [7, 11) is -2.42. The first-order valence-electron chi connectivity index (χ1n) is 6.71. The number of hydrogen-bond acceptors (Lipinski definition) is 6. The topological polar surface area (TPSA) is 102 Å². The predicted molar refractivity (Wildman–Crippen MR) is 73.0 cm³/mol. The van der Waals surface area contributed by atoms with Crippen LogP contribution < -0.4 is 0 Å². The van der Waals surface area contributed by atoms with Gasteiger partial charge in [-0.25, -0.2) is 8.42 Å². The Morgan fingerprint density at radius 3 is 3.00 bits per heavy atom. The maximum atomic E-state index is 12.5. The van der Waals surface area contributed by atoms with Crippen molar-refractivity contribution in [2.24, 2.45) is 0 Å². The third-order valence-corrected chi connectivity index (χ3v) is 5.17. The highest BCUT2D eigenvalue weighted by Gasteiger charge is 2.30. The zero-order chi connectivity index (χ0) is 15.3. The van der Waals surface area contributed by atoms with E-state index in [2.05, 4.69) is 14.9 Å². The van der Waals surface area contributed by atoms with Gasteiger partial charge in [0.1, 0.15) is 4.90 Å². The van der Waals surface area contributed by atoms with Crippen LogP contribution in [0.1, 0.15) is 19.3 Å². The molecule has 0 amide bonds. The predicted octanol–water partition coefficient (Wildman–Crippen LogP) is 0.143. The molecule has 0 spiro atoms. The van der Waals surface area contributed by atoms with Crippen LogP contribution in [0.2, 0.25) is 0 Å². The Balaban J connectivity index is 2.11. The monoisotopic (exact) mass is 317 g/mol. The van der Waals surface area contributed by atoms with Crippen LogP contribution in [0.25, 0.3) is 0 Å². The SMILES string of the molecule is COC(=O)CCN(CC1CCCO1)S(=O)(=O)c1cn[nH]c1. The summed E-state index contributed by atoms with van der Waals surface area (Å²) in [5.41, 5.74) is 0. The van der Waals surface area contributed by atoms with Crippen LogP contribution in [0.15, 0.2) is 17.3 Å². The van der Waals surface area contributed by atoms with Gasteiger partial charge in [-0.1, -0.05) is 0 Å². The molecule has 0 bridgehead atoms. The molecule has 8 nitrogen and oxygen atoms in total. The van der Waals surface area contributed by atoms with E-state index in [0.717, 1.165) is 12.8 Å². The highest BCUT2D eigenvalue weighted by atomic mass is 32.2. The molecule has 0 saturated carbocycles. The van der Waals surface area contributed by atoms with Crippen LogP contribution in [0.4, 0.5) is 0 Å². The third kappa shape index (κ3) is 4.02. The summed E-state index contributed by atoms with van der Waals surface area (Å²) in [6.45, 7) is 0.922. The van der Waals surface area contributed by atoms with Crippen molar-refractivity contribution >= 4 is 16.0 Å². The number of nitrogens with zero attached hydrogens (tertiary/aromatic N) is 2. The van der Waals surface area contributed by atoms with Gasteiger partial charge in [-0.05, 0) is 12.8 Å². The maximum Gasteiger partial charge on any atom is 0.306 e. The second kappa shape index (κ2) is 7.01.